The molecule has 2 aliphatic rings. The van der Waals surface area contributed by atoms with Crippen LogP contribution in [0.5, 0.6) is 0 Å². The minimum atomic E-state index is -0.106. The lowest BCUT2D eigenvalue weighted by atomic mass is 9.78. The second-order valence-corrected chi connectivity index (χ2v) is 10.9. The van der Waals surface area contributed by atoms with E-state index in [-0.39, 0.29) is 11.7 Å². The van der Waals surface area contributed by atoms with Gasteiger partial charge in [-0.3, -0.25) is 4.79 Å². The van der Waals surface area contributed by atoms with Crippen molar-refractivity contribution < 1.29 is 4.79 Å². The van der Waals surface area contributed by atoms with Gasteiger partial charge >= 0.3 is 0 Å². The molecule has 1 heteroatoms. The average molecular weight is 463 g/mol. The molecule has 3 aromatic carbocycles. The molecule has 0 radical (unpaired) electrons. The van der Waals surface area contributed by atoms with E-state index < -0.39 is 0 Å². The Labute approximate surface area is 211 Å². The predicted molar refractivity (Wildman–Crippen MR) is 147 cm³/mol. The normalized spacial score (nSPS) is 22.6. The fourth-order valence-corrected chi connectivity index (χ4v) is 5.96. The van der Waals surface area contributed by atoms with Crippen molar-refractivity contribution in [3.05, 3.63) is 112 Å². The van der Waals surface area contributed by atoms with Crippen LogP contribution in [0.2, 0.25) is 0 Å². The molecule has 1 saturated carbocycles. The Morgan fingerprint density at radius 2 is 1.46 bits per heavy atom. The topological polar surface area (TPSA) is 17.1 Å². The Morgan fingerprint density at radius 1 is 0.800 bits per heavy atom. The maximum atomic E-state index is 13.0. The molecule has 1 fully saturated rings. The molecule has 2 aliphatic carbocycles. The van der Waals surface area contributed by atoms with Crippen molar-refractivity contribution >= 4 is 11.9 Å². The van der Waals surface area contributed by atoms with Crippen molar-refractivity contribution in [2.24, 2.45) is 5.92 Å². The van der Waals surface area contributed by atoms with Gasteiger partial charge in [0.1, 0.15) is 0 Å². The van der Waals surface area contributed by atoms with Gasteiger partial charge in [-0.2, -0.15) is 0 Å². The van der Waals surface area contributed by atoms with E-state index in [1.807, 2.05) is 6.08 Å². The van der Waals surface area contributed by atoms with Gasteiger partial charge in [-0.05, 0) is 82.5 Å². The Morgan fingerprint density at radius 3 is 2.14 bits per heavy atom. The summed E-state index contributed by atoms with van der Waals surface area (Å²) in [5.41, 5.74) is 9.06. The van der Waals surface area contributed by atoms with E-state index in [9.17, 15) is 4.79 Å². The summed E-state index contributed by atoms with van der Waals surface area (Å²) in [6.07, 6.45) is 10.9. The molecular formula is C34H38O. The van der Waals surface area contributed by atoms with Crippen LogP contribution in [0.15, 0.2) is 72.8 Å². The van der Waals surface area contributed by atoms with Crippen molar-refractivity contribution in [2.75, 3.05) is 0 Å². The highest BCUT2D eigenvalue weighted by atomic mass is 16.1. The first-order chi connectivity index (χ1) is 17.0. The molecule has 5 rings (SSSR count). The minimum Gasteiger partial charge on any atom is -0.294 e. The number of carbonyl (C=O) groups is 1. The zero-order valence-electron chi connectivity index (χ0n) is 21.5. The number of fused-ring (bicyclic) bond motifs is 1. The van der Waals surface area contributed by atoms with Crippen LogP contribution in [0, 0.1) is 5.92 Å². The zero-order chi connectivity index (χ0) is 24.4. The third-order valence-corrected chi connectivity index (χ3v) is 8.55. The van der Waals surface area contributed by atoms with Crippen LogP contribution in [0.1, 0.15) is 103 Å². The second kappa shape index (κ2) is 10.4. The van der Waals surface area contributed by atoms with Gasteiger partial charge in [0.2, 0.25) is 0 Å². The zero-order valence-corrected chi connectivity index (χ0v) is 21.5. The second-order valence-electron chi connectivity index (χ2n) is 10.9. The number of aryl methyl sites for hydroxylation is 1. The van der Waals surface area contributed by atoms with Crippen molar-refractivity contribution in [3.63, 3.8) is 0 Å². The van der Waals surface area contributed by atoms with E-state index in [0.29, 0.717) is 5.92 Å². The summed E-state index contributed by atoms with van der Waals surface area (Å²) in [7, 11) is 0. The Bertz CT molecular complexity index is 1190. The van der Waals surface area contributed by atoms with Crippen molar-refractivity contribution in [1.29, 1.82) is 0 Å². The van der Waals surface area contributed by atoms with E-state index in [0.717, 1.165) is 24.7 Å². The fourth-order valence-electron chi connectivity index (χ4n) is 5.96. The molecule has 0 bridgehead atoms. The van der Waals surface area contributed by atoms with E-state index in [2.05, 4.69) is 87.5 Å². The Kier molecular flexibility index (Phi) is 7.04. The SMILES string of the molecule is CCc1ccc(CC2C(=O)C=Cc3ccc(C(C)c4ccc(C5CCC(C)CC5)cc4)cc32)cc1. The molecule has 1 nitrogen and oxygen atoms in total. The molecule has 0 amide bonds. The quantitative estimate of drug-likeness (QED) is 0.358. The van der Waals surface area contributed by atoms with E-state index in [1.165, 1.54) is 64.6 Å². The van der Waals surface area contributed by atoms with Gasteiger partial charge in [0.15, 0.2) is 5.78 Å². The molecule has 2 unspecified atom stereocenters. The van der Waals surface area contributed by atoms with Gasteiger partial charge in [-0.1, -0.05) is 106 Å². The molecular weight excluding hydrogens is 424 g/mol. The number of rotatable bonds is 6. The number of allylic oxidation sites excluding steroid dienone is 1. The van der Waals surface area contributed by atoms with Gasteiger partial charge in [0, 0.05) is 5.92 Å². The van der Waals surface area contributed by atoms with Crippen molar-refractivity contribution in [2.45, 2.75) is 77.0 Å². The summed E-state index contributed by atoms with van der Waals surface area (Å²) in [6.45, 7) is 6.85. The summed E-state index contributed by atoms with van der Waals surface area (Å²) < 4.78 is 0. The summed E-state index contributed by atoms with van der Waals surface area (Å²) in [5.74, 6) is 2.02. The van der Waals surface area contributed by atoms with Gasteiger partial charge in [-0.15, -0.1) is 0 Å². The maximum Gasteiger partial charge on any atom is 0.163 e. The average Bonchev–Trinajstić information content (AvgIpc) is 2.90. The number of benzene rings is 3. The number of carbonyl (C=O) groups excluding carboxylic acids is 1. The van der Waals surface area contributed by atoms with Crippen molar-refractivity contribution in [1.82, 2.24) is 0 Å². The van der Waals surface area contributed by atoms with Gasteiger partial charge in [0.05, 0.1) is 5.92 Å². The van der Waals surface area contributed by atoms with E-state index in [4.69, 9.17) is 0 Å². The Hall–Kier alpha value is -2.93. The fraction of sp³-hybridized carbons (Fsp3) is 0.382. The van der Waals surface area contributed by atoms with Gasteiger partial charge in [-0.25, -0.2) is 0 Å². The van der Waals surface area contributed by atoms with Gasteiger partial charge < -0.3 is 0 Å². The molecule has 0 aromatic heterocycles. The van der Waals surface area contributed by atoms with Crippen LogP contribution in [0.25, 0.3) is 6.08 Å². The lowest BCUT2D eigenvalue weighted by Gasteiger charge is -2.27. The largest absolute Gasteiger partial charge is 0.294 e. The monoisotopic (exact) mass is 462 g/mol. The number of ketones is 1. The van der Waals surface area contributed by atoms with E-state index >= 15 is 0 Å². The van der Waals surface area contributed by atoms with Crippen LogP contribution in [0.4, 0.5) is 0 Å². The van der Waals surface area contributed by atoms with Crippen LogP contribution < -0.4 is 0 Å². The first-order valence-corrected chi connectivity index (χ1v) is 13.5. The molecule has 0 spiro atoms. The molecule has 0 aliphatic heterocycles. The predicted octanol–water partition coefficient (Wildman–Crippen LogP) is 8.62. The van der Waals surface area contributed by atoms with Crippen LogP contribution in [-0.2, 0) is 17.6 Å². The standard InChI is InChI=1S/C34H38O/c1-4-25-7-9-26(10-8-25)21-33-32-22-31(18-17-30(32)19-20-34(33)35)24(3)27-13-15-29(16-14-27)28-11-5-23(2)6-12-28/h7-10,13-20,22-24,28,33H,4-6,11-12,21H2,1-3H3. The highest BCUT2D eigenvalue weighted by Gasteiger charge is 2.26. The maximum absolute atomic E-state index is 13.0. The molecule has 180 valence electrons. The number of hydrogen-bond acceptors (Lipinski definition) is 1. The first-order valence-electron chi connectivity index (χ1n) is 13.5. The molecule has 2 atom stereocenters. The van der Waals surface area contributed by atoms with Crippen LogP contribution >= 0.6 is 0 Å². The van der Waals surface area contributed by atoms with E-state index in [1.54, 1.807) is 6.08 Å². The lowest BCUT2D eigenvalue weighted by molar-refractivity contribution is -0.116. The number of hydrogen-bond donors (Lipinski definition) is 0. The van der Waals surface area contributed by atoms with Crippen molar-refractivity contribution in [3.8, 4) is 0 Å². The summed E-state index contributed by atoms with van der Waals surface area (Å²) in [5, 5.41) is 0. The first kappa shape index (κ1) is 23.8. The molecule has 0 saturated heterocycles. The lowest BCUT2D eigenvalue weighted by Crippen LogP contribution is -2.18. The molecule has 0 N–H and O–H groups in total. The molecule has 35 heavy (non-hydrogen) atoms. The van der Waals surface area contributed by atoms with Crippen LogP contribution in [0.3, 0.4) is 0 Å². The minimum absolute atomic E-state index is 0.106. The third-order valence-electron chi connectivity index (χ3n) is 8.55. The summed E-state index contributed by atoms with van der Waals surface area (Å²) >= 11 is 0. The highest BCUT2D eigenvalue weighted by molar-refractivity contribution is 6.02. The summed E-state index contributed by atoms with van der Waals surface area (Å²) in [6, 6.07) is 24.9. The van der Waals surface area contributed by atoms with Gasteiger partial charge in [0.25, 0.3) is 0 Å². The summed E-state index contributed by atoms with van der Waals surface area (Å²) in [4.78, 5) is 13.0. The third kappa shape index (κ3) is 5.20. The van der Waals surface area contributed by atoms with Crippen LogP contribution in [-0.4, -0.2) is 5.78 Å². The smallest absolute Gasteiger partial charge is 0.163 e. The molecule has 3 aromatic rings. The molecule has 0 heterocycles. The Balaban J connectivity index is 1.36. The highest BCUT2D eigenvalue weighted by Crippen LogP contribution is 2.37.